The molecule has 19 heavy (non-hydrogen) atoms. The number of carbonyl (C=O) groups is 1. The van der Waals surface area contributed by atoms with Gasteiger partial charge in [-0.05, 0) is 64.0 Å². The molecule has 1 N–H and O–H groups in total. The number of ketones is 1. The summed E-state index contributed by atoms with van der Waals surface area (Å²) in [4.78, 5) is 13.8. The lowest BCUT2D eigenvalue weighted by atomic mass is 9.80. The maximum absolute atomic E-state index is 11.3. The number of Topliss-reactive ketones (excluding diaryl/α,β-unsaturated/α-hetero) is 1. The van der Waals surface area contributed by atoms with Crippen molar-refractivity contribution in [2.75, 3.05) is 13.6 Å². The summed E-state index contributed by atoms with van der Waals surface area (Å²) in [6, 6.07) is 0.678. The maximum atomic E-state index is 11.3. The van der Waals surface area contributed by atoms with E-state index in [1.54, 1.807) is 0 Å². The molecule has 2 rings (SSSR count). The van der Waals surface area contributed by atoms with Gasteiger partial charge in [-0.3, -0.25) is 4.79 Å². The van der Waals surface area contributed by atoms with E-state index in [0.717, 1.165) is 44.1 Å². The van der Waals surface area contributed by atoms with Crippen LogP contribution in [0.1, 0.15) is 58.3 Å². The average molecular weight is 267 g/mol. The van der Waals surface area contributed by atoms with Gasteiger partial charge in [0.15, 0.2) is 0 Å². The van der Waals surface area contributed by atoms with Crippen molar-refractivity contribution >= 4 is 5.78 Å². The molecule has 3 heteroatoms. The van der Waals surface area contributed by atoms with Gasteiger partial charge in [0.1, 0.15) is 5.78 Å². The minimum Gasteiger partial charge on any atom is -0.393 e. The monoisotopic (exact) mass is 267 g/mol. The van der Waals surface area contributed by atoms with Gasteiger partial charge < -0.3 is 10.0 Å². The highest BCUT2D eigenvalue weighted by Crippen LogP contribution is 2.43. The van der Waals surface area contributed by atoms with Crippen LogP contribution in [-0.4, -0.2) is 41.5 Å². The Morgan fingerprint density at radius 1 is 1.21 bits per heavy atom. The fourth-order valence-electron chi connectivity index (χ4n) is 3.94. The van der Waals surface area contributed by atoms with Gasteiger partial charge in [0.2, 0.25) is 0 Å². The summed E-state index contributed by atoms with van der Waals surface area (Å²) in [5, 5.41) is 9.76. The Kier molecular flexibility index (Phi) is 5.40. The Morgan fingerprint density at radius 2 is 1.95 bits per heavy atom. The zero-order valence-corrected chi connectivity index (χ0v) is 12.5. The first-order chi connectivity index (χ1) is 9.10. The lowest BCUT2D eigenvalue weighted by Crippen LogP contribution is -2.30. The topological polar surface area (TPSA) is 40.5 Å². The van der Waals surface area contributed by atoms with Crippen LogP contribution < -0.4 is 0 Å². The fraction of sp³-hybridized carbons (Fsp3) is 0.938. The highest BCUT2D eigenvalue weighted by molar-refractivity contribution is 5.77. The molecule has 0 aromatic heterocycles. The first kappa shape index (κ1) is 15.0. The predicted octanol–water partition coefficient (Wildman–Crippen LogP) is 2.62. The fourth-order valence-corrected chi connectivity index (χ4v) is 3.94. The van der Waals surface area contributed by atoms with Crippen LogP contribution >= 0.6 is 0 Å². The number of nitrogens with zero attached hydrogens (tertiary/aromatic N) is 1. The molecule has 4 unspecified atom stereocenters. The number of hydrogen-bond donors (Lipinski definition) is 1. The second-order valence-corrected chi connectivity index (χ2v) is 6.59. The van der Waals surface area contributed by atoms with Crippen LogP contribution in [0, 0.1) is 11.8 Å². The van der Waals surface area contributed by atoms with Crippen LogP contribution in [0.25, 0.3) is 0 Å². The molecule has 0 aromatic carbocycles. The SMILES string of the molecule is CCC(=O)CCCN(C)C1CC2CCC(O)CC2C1. The van der Waals surface area contributed by atoms with E-state index in [1.165, 1.54) is 19.3 Å². The molecule has 2 aliphatic rings. The molecule has 2 fully saturated rings. The molecule has 0 heterocycles. The zero-order valence-electron chi connectivity index (χ0n) is 12.5. The zero-order chi connectivity index (χ0) is 13.8. The predicted molar refractivity (Wildman–Crippen MR) is 77.0 cm³/mol. The van der Waals surface area contributed by atoms with Crippen LogP contribution in [0.2, 0.25) is 0 Å². The van der Waals surface area contributed by atoms with Crippen LogP contribution in [0.4, 0.5) is 0 Å². The van der Waals surface area contributed by atoms with Gasteiger partial charge in [0, 0.05) is 18.9 Å². The third-order valence-corrected chi connectivity index (χ3v) is 5.25. The number of aliphatic hydroxyl groups excluding tert-OH is 1. The van der Waals surface area contributed by atoms with Gasteiger partial charge in [0.25, 0.3) is 0 Å². The summed E-state index contributed by atoms with van der Waals surface area (Å²) >= 11 is 0. The van der Waals surface area contributed by atoms with Gasteiger partial charge in [-0.15, -0.1) is 0 Å². The number of carbonyl (C=O) groups excluding carboxylic acids is 1. The van der Waals surface area contributed by atoms with E-state index in [1.807, 2.05) is 6.92 Å². The summed E-state index contributed by atoms with van der Waals surface area (Å²) in [5.41, 5.74) is 0. The average Bonchev–Trinajstić information content (AvgIpc) is 2.81. The summed E-state index contributed by atoms with van der Waals surface area (Å²) < 4.78 is 0. The second-order valence-electron chi connectivity index (χ2n) is 6.59. The molecule has 0 radical (unpaired) electrons. The molecular weight excluding hydrogens is 238 g/mol. The Bertz CT molecular complexity index is 305. The van der Waals surface area contributed by atoms with Crippen molar-refractivity contribution in [3.63, 3.8) is 0 Å². The summed E-state index contributed by atoms with van der Waals surface area (Å²) in [7, 11) is 2.20. The van der Waals surface area contributed by atoms with Crippen LogP contribution in [0.3, 0.4) is 0 Å². The van der Waals surface area contributed by atoms with E-state index in [2.05, 4.69) is 11.9 Å². The lowest BCUT2D eigenvalue weighted by Gasteiger charge is -2.28. The van der Waals surface area contributed by atoms with E-state index in [9.17, 15) is 9.90 Å². The van der Waals surface area contributed by atoms with E-state index >= 15 is 0 Å². The number of rotatable bonds is 6. The van der Waals surface area contributed by atoms with Crippen molar-refractivity contribution in [3.05, 3.63) is 0 Å². The van der Waals surface area contributed by atoms with Crippen molar-refractivity contribution in [1.29, 1.82) is 0 Å². The van der Waals surface area contributed by atoms with Crippen LogP contribution in [-0.2, 0) is 4.79 Å². The molecule has 0 saturated heterocycles. The normalized spacial score (nSPS) is 34.5. The second kappa shape index (κ2) is 6.85. The van der Waals surface area contributed by atoms with Crippen molar-refractivity contribution < 1.29 is 9.90 Å². The standard InChI is InChI=1S/C16H29NO2/c1-3-15(18)5-4-8-17(2)14-9-12-6-7-16(19)11-13(12)10-14/h12-14,16,19H,3-11H2,1-2H3. The smallest absolute Gasteiger partial charge is 0.132 e. The minimum absolute atomic E-state index is 0.0486. The molecule has 110 valence electrons. The Morgan fingerprint density at radius 3 is 2.68 bits per heavy atom. The summed E-state index contributed by atoms with van der Waals surface area (Å²) in [6.07, 6.45) is 8.14. The first-order valence-corrected chi connectivity index (χ1v) is 8.00. The van der Waals surface area contributed by atoms with E-state index < -0.39 is 0 Å². The van der Waals surface area contributed by atoms with E-state index in [-0.39, 0.29) is 6.10 Å². The van der Waals surface area contributed by atoms with Gasteiger partial charge in [-0.1, -0.05) is 6.92 Å². The number of fused-ring (bicyclic) bond motifs is 1. The van der Waals surface area contributed by atoms with Crippen molar-refractivity contribution in [3.8, 4) is 0 Å². The van der Waals surface area contributed by atoms with Gasteiger partial charge in [-0.25, -0.2) is 0 Å². The van der Waals surface area contributed by atoms with Gasteiger partial charge in [-0.2, -0.15) is 0 Å². The van der Waals surface area contributed by atoms with E-state index in [0.29, 0.717) is 18.2 Å². The molecule has 4 atom stereocenters. The largest absolute Gasteiger partial charge is 0.393 e. The third kappa shape index (κ3) is 4.03. The Labute approximate surface area is 117 Å². The van der Waals surface area contributed by atoms with Crippen molar-refractivity contribution in [2.24, 2.45) is 11.8 Å². The van der Waals surface area contributed by atoms with Crippen LogP contribution in [0.15, 0.2) is 0 Å². The third-order valence-electron chi connectivity index (χ3n) is 5.25. The molecular formula is C16H29NO2. The quantitative estimate of drug-likeness (QED) is 0.804. The Hall–Kier alpha value is -0.410. The Balaban J connectivity index is 1.72. The lowest BCUT2D eigenvalue weighted by molar-refractivity contribution is -0.118. The molecule has 0 aromatic rings. The molecule has 0 spiro atoms. The van der Waals surface area contributed by atoms with E-state index in [4.69, 9.17) is 0 Å². The number of aliphatic hydroxyl groups is 1. The van der Waals surface area contributed by atoms with Crippen LogP contribution in [0.5, 0.6) is 0 Å². The highest BCUT2D eigenvalue weighted by atomic mass is 16.3. The molecule has 3 nitrogen and oxygen atoms in total. The molecule has 0 amide bonds. The highest BCUT2D eigenvalue weighted by Gasteiger charge is 2.39. The van der Waals surface area contributed by atoms with Gasteiger partial charge in [0.05, 0.1) is 6.10 Å². The molecule has 2 aliphatic carbocycles. The number of hydrogen-bond acceptors (Lipinski definition) is 3. The molecule has 2 saturated carbocycles. The minimum atomic E-state index is -0.0486. The van der Waals surface area contributed by atoms with Crippen molar-refractivity contribution in [2.45, 2.75) is 70.4 Å². The molecule has 0 aliphatic heterocycles. The molecule has 0 bridgehead atoms. The maximum Gasteiger partial charge on any atom is 0.132 e. The summed E-state index contributed by atoms with van der Waals surface area (Å²) in [6.45, 7) is 2.98. The van der Waals surface area contributed by atoms with Crippen molar-refractivity contribution in [1.82, 2.24) is 4.90 Å². The van der Waals surface area contributed by atoms with Gasteiger partial charge >= 0.3 is 0 Å². The first-order valence-electron chi connectivity index (χ1n) is 8.00. The summed E-state index contributed by atoms with van der Waals surface area (Å²) in [5.74, 6) is 1.97.